The van der Waals surface area contributed by atoms with Crippen LogP contribution in [0.25, 0.3) is 6.08 Å². The summed E-state index contributed by atoms with van der Waals surface area (Å²) in [5, 5.41) is 14.2. The maximum absolute atomic E-state index is 12.0. The van der Waals surface area contributed by atoms with E-state index in [0.29, 0.717) is 10.1 Å². The second kappa shape index (κ2) is 6.57. The molecule has 3 rings (SSSR count). The number of hydrogen-bond acceptors (Lipinski definition) is 5. The van der Waals surface area contributed by atoms with Crippen molar-refractivity contribution in [3.63, 3.8) is 0 Å². The zero-order chi connectivity index (χ0) is 16.4. The molecular formula is C15H9ClN2O3S2. The SMILES string of the molecule is O=C1NC(=Nc2cccc(Cl)c2C(=O)O)S/C1=C\c1cccs1. The molecular weight excluding hydrogens is 356 g/mol. The van der Waals surface area contributed by atoms with Gasteiger partial charge in [0.15, 0.2) is 5.17 Å². The topological polar surface area (TPSA) is 78.8 Å². The summed E-state index contributed by atoms with van der Waals surface area (Å²) in [7, 11) is 0. The summed E-state index contributed by atoms with van der Waals surface area (Å²) in [5.41, 5.74) is 0.109. The van der Waals surface area contributed by atoms with Crippen molar-refractivity contribution in [3.05, 3.63) is 56.1 Å². The molecule has 0 radical (unpaired) electrons. The molecule has 8 heteroatoms. The van der Waals surface area contributed by atoms with E-state index in [1.54, 1.807) is 12.1 Å². The number of hydrogen-bond donors (Lipinski definition) is 2. The van der Waals surface area contributed by atoms with Crippen LogP contribution in [-0.4, -0.2) is 22.2 Å². The molecule has 0 bridgehead atoms. The Morgan fingerprint density at radius 2 is 2.13 bits per heavy atom. The fourth-order valence-electron chi connectivity index (χ4n) is 1.91. The highest BCUT2D eigenvalue weighted by Gasteiger charge is 2.25. The Kier molecular flexibility index (Phi) is 4.51. The number of aliphatic imine (C=N–C) groups is 1. The zero-order valence-corrected chi connectivity index (χ0v) is 13.8. The molecule has 2 heterocycles. The van der Waals surface area contributed by atoms with Gasteiger partial charge in [-0.1, -0.05) is 23.7 Å². The molecule has 0 spiro atoms. The summed E-state index contributed by atoms with van der Waals surface area (Å²) in [5.74, 6) is -1.43. The Labute approximate surface area is 144 Å². The van der Waals surface area contributed by atoms with Gasteiger partial charge in [0.1, 0.15) is 5.56 Å². The molecule has 1 aromatic carbocycles. The van der Waals surface area contributed by atoms with Crippen LogP contribution in [0.4, 0.5) is 5.69 Å². The van der Waals surface area contributed by atoms with Gasteiger partial charge < -0.3 is 10.4 Å². The molecule has 5 nitrogen and oxygen atoms in total. The van der Waals surface area contributed by atoms with E-state index in [-0.39, 0.29) is 22.2 Å². The number of thiophene rings is 1. The Bertz CT molecular complexity index is 844. The normalized spacial score (nSPS) is 17.7. The first-order valence-corrected chi connectivity index (χ1v) is 8.47. The molecule has 1 amide bonds. The number of carbonyl (C=O) groups is 2. The van der Waals surface area contributed by atoms with Crippen molar-refractivity contribution in [2.24, 2.45) is 4.99 Å². The van der Waals surface area contributed by atoms with Gasteiger partial charge >= 0.3 is 5.97 Å². The van der Waals surface area contributed by atoms with E-state index in [4.69, 9.17) is 11.6 Å². The lowest BCUT2D eigenvalue weighted by molar-refractivity contribution is -0.115. The Morgan fingerprint density at radius 1 is 1.30 bits per heavy atom. The number of halogens is 1. The van der Waals surface area contributed by atoms with Crippen LogP contribution in [0.3, 0.4) is 0 Å². The van der Waals surface area contributed by atoms with E-state index < -0.39 is 5.97 Å². The minimum atomic E-state index is -1.17. The number of thioether (sulfide) groups is 1. The molecule has 2 aromatic rings. The van der Waals surface area contributed by atoms with E-state index in [1.165, 1.54) is 23.5 Å². The van der Waals surface area contributed by atoms with Gasteiger partial charge in [0.25, 0.3) is 5.91 Å². The summed E-state index contributed by atoms with van der Waals surface area (Å²) in [4.78, 5) is 28.9. The lowest BCUT2D eigenvalue weighted by atomic mass is 10.2. The maximum atomic E-state index is 12.0. The molecule has 0 atom stereocenters. The molecule has 0 aliphatic carbocycles. The van der Waals surface area contributed by atoms with Crippen LogP contribution >= 0.6 is 34.7 Å². The Hall–Kier alpha value is -2.09. The molecule has 2 N–H and O–H groups in total. The molecule has 1 aliphatic heterocycles. The minimum Gasteiger partial charge on any atom is -0.478 e. The van der Waals surface area contributed by atoms with Crippen LogP contribution in [-0.2, 0) is 4.79 Å². The standard InChI is InChI=1S/C15H9ClN2O3S2/c16-9-4-1-5-10(12(9)14(20)21)17-15-18-13(19)11(23-15)7-8-3-2-6-22-8/h1-7H,(H,20,21)(H,17,18,19)/b11-7-. The number of nitrogens with zero attached hydrogens (tertiary/aromatic N) is 1. The van der Waals surface area contributed by atoms with Gasteiger partial charge in [-0.05, 0) is 41.4 Å². The van der Waals surface area contributed by atoms with Gasteiger partial charge in [0, 0.05) is 4.88 Å². The van der Waals surface area contributed by atoms with Crippen molar-refractivity contribution in [3.8, 4) is 0 Å². The predicted molar refractivity (Wildman–Crippen MR) is 93.5 cm³/mol. The molecule has 1 fully saturated rings. The summed E-state index contributed by atoms with van der Waals surface area (Å²) >= 11 is 8.59. The van der Waals surface area contributed by atoms with Crippen LogP contribution in [0, 0.1) is 0 Å². The van der Waals surface area contributed by atoms with Crippen LogP contribution in [0.5, 0.6) is 0 Å². The first kappa shape index (κ1) is 15.8. The number of benzene rings is 1. The number of carbonyl (C=O) groups excluding carboxylic acids is 1. The monoisotopic (exact) mass is 364 g/mol. The smallest absolute Gasteiger partial charge is 0.339 e. The second-order valence-corrected chi connectivity index (χ2v) is 6.85. The second-order valence-electron chi connectivity index (χ2n) is 4.44. The van der Waals surface area contributed by atoms with Gasteiger partial charge in [0.05, 0.1) is 15.6 Å². The van der Waals surface area contributed by atoms with Gasteiger partial charge in [-0.3, -0.25) is 4.79 Å². The fourth-order valence-corrected chi connectivity index (χ4v) is 3.72. The number of rotatable bonds is 3. The average molecular weight is 365 g/mol. The molecule has 0 unspecified atom stereocenters. The first-order valence-electron chi connectivity index (χ1n) is 6.39. The van der Waals surface area contributed by atoms with Gasteiger partial charge in [-0.25, -0.2) is 9.79 Å². The van der Waals surface area contributed by atoms with Crippen molar-refractivity contribution in [2.75, 3.05) is 0 Å². The van der Waals surface area contributed by atoms with Crippen LogP contribution in [0.15, 0.2) is 45.6 Å². The highest BCUT2D eigenvalue weighted by Crippen LogP contribution is 2.32. The number of carboxylic acids is 1. The number of aromatic carboxylic acids is 1. The number of amidine groups is 1. The number of nitrogens with one attached hydrogen (secondary N) is 1. The summed E-state index contributed by atoms with van der Waals surface area (Å²) in [6.45, 7) is 0. The molecule has 1 aliphatic rings. The van der Waals surface area contributed by atoms with Gasteiger partial charge in [-0.2, -0.15) is 0 Å². The zero-order valence-electron chi connectivity index (χ0n) is 11.4. The minimum absolute atomic E-state index is 0.0906. The maximum Gasteiger partial charge on any atom is 0.339 e. The third kappa shape index (κ3) is 3.47. The first-order chi connectivity index (χ1) is 11.0. The van der Waals surface area contributed by atoms with E-state index in [1.807, 2.05) is 17.5 Å². The van der Waals surface area contributed by atoms with Crippen molar-refractivity contribution in [2.45, 2.75) is 0 Å². The molecule has 0 saturated carbocycles. The fraction of sp³-hybridized carbons (Fsp3) is 0. The van der Waals surface area contributed by atoms with E-state index in [9.17, 15) is 14.7 Å². The number of carboxylic acid groups (broad SMARTS) is 1. The lowest BCUT2D eigenvalue weighted by Crippen LogP contribution is -2.19. The van der Waals surface area contributed by atoms with E-state index >= 15 is 0 Å². The van der Waals surface area contributed by atoms with Crippen molar-refractivity contribution in [1.82, 2.24) is 5.32 Å². The molecule has 116 valence electrons. The third-order valence-corrected chi connectivity index (χ3v) is 4.94. The predicted octanol–water partition coefficient (Wildman–Crippen LogP) is 3.99. The van der Waals surface area contributed by atoms with Crippen LogP contribution < -0.4 is 5.32 Å². The van der Waals surface area contributed by atoms with Crippen molar-refractivity contribution < 1.29 is 14.7 Å². The third-order valence-electron chi connectivity index (χ3n) is 2.89. The summed E-state index contributed by atoms with van der Waals surface area (Å²) in [6, 6.07) is 8.43. The summed E-state index contributed by atoms with van der Waals surface area (Å²) in [6.07, 6.45) is 1.77. The Balaban J connectivity index is 1.92. The van der Waals surface area contributed by atoms with E-state index in [0.717, 1.165) is 16.6 Å². The van der Waals surface area contributed by atoms with Gasteiger partial charge in [0.2, 0.25) is 0 Å². The Morgan fingerprint density at radius 3 is 2.83 bits per heavy atom. The highest BCUT2D eigenvalue weighted by molar-refractivity contribution is 8.18. The number of amides is 1. The van der Waals surface area contributed by atoms with Crippen molar-refractivity contribution in [1.29, 1.82) is 0 Å². The van der Waals surface area contributed by atoms with Gasteiger partial charge in [-0.15, -0.1) is 11.3 Å². The largest absolute Gasteiger partial charge is 0.478 e. The molecule has 1 aromatic heterocycles. The highest BCUT2D eigenvalue weighted by atomic mass is 35.5. The quantitative estimate of drug-likeness (QED) is 0.807. The van der Waals surface area contributed by atoms with Crippen LogP contribution in [0.1, 0.15) is 15.2 Å². The summed E-state index contributed by atoms with van der Waals surface area (Å²) < 4.78 is 0. The average Bonchev–Trinajstić information content (AvgIpc) is 3.10. The van der Waals surface area contributed by atoms with E-state index in [2.05, 4.69) is 10.3 Å². The van der Waals surface area contributed by atoms with Crippen LogP contribution in [0.2, 0.25) is 5.02 Å². The van der Waals surface area contributed by atoms with Crippen molar-refractivity contribution >= 4 is 63.5 Å². The molecule has 23 heavy (non-hydrogen) atoms. The lowest BCUT2D eigenvalue weighted by Gasteiger charge is -2.03. The molecule has 1 saturated heterocycles.